The van der Waals surface area contributed by atoms with Crippen LogP contribution in [0.1, 0.15) is 50.5 Å². The molecule has 5 nitrogen and oxygen atoms in total. The third kappa shape index (κ3) is 6.80. The number of hydrogen-bond donors (Lipinski definition) is 1. The normalized spacial score (nSPS) is 21.5. The van der Waals surface area contributed by atoms with E-state index < -0.39 is 21.8 Å². The van der Waals surface area contributed by atoms with Gasteiger partial charge in [-0.2, -0.15) is 17.5 Å². The van der Waals surface area contributed by atoms with Crippen LogP contribution in [0, 0.1) is 0 Å². The fourth-order valence-electron chi connectivity index (χ4n) is 3.68. The molecule has 1 saturated carbocycles. The van der Waals surface area contributed by atoms with Crippen LogP contribution in [0.25, 0.3) is 0 Å². The first-order valence-electron chi connectivity index (χ1n) is 10.2. The van der Waals surface area contributed by atoms with E-state index in [1.54, 1.807) is 0 Å². The molecule has 1 aromatic carbocycles. The molecule has 0 bridgehead atoms. The van der Waals surface area contributed by atoms with E-state index >= 15 is 0 Å². The van der Waals surface area contributed by atoms with Crippen LogP contribution in [0.15, 0.2) is 41.8 Å². The van der Waals surface area contributed by atoms with Gasteiger partial charge in [-0.25, -0.2) is 8.42 Å². The molecular formula is C21H31F3N2O3S. The van der Waals surface area contributed by atoms with E-state index in [0.29, 0.717) is 19.4 Å². The molecular weight excluding hydrogens is 417 g/mol. The lowest BCUT2D eigenvalue weighted by Crippen LogP contribution is -2.40. The molecule has 0 radical (unpaired) electrons. The summed E-state index contributed by atoms with van der Waals surface area (Å²) >= 11 is 0. The molecule has 0 spiro atoms. The van der Waals surface area contributed by atoms with E-state index in [0.717, 1.165) is 56.4 Å². The molecule has 1 aromatic rings. The predicted molar refractivity (Wildman–Crippen MR) is 110 cm³/mol. The number of nitrogens with two attached hydrogens (primary N) is 1. The van der Waals surface area contributed by atoms with Crippen molar-refractivity contribution in [2.75, 3.05) is 13.7 Å². The van der Waals surface area contributed by atoms with Crippen molar-refractivity contribution in [3.05, 3.63) is 42.5 Å². The van der Waals surface area contributed by atoms with E-state index in [2.05, 4.69) is 6.58 Å². The van der Waals surface area contributed by atoms with Crippen LogP contribution >= 0.6 is 0 Å². The number of hydrogen-bond acceptors (Lipinski definition) is 4. The number of rotatable bonds is 10. The minimum Gasteiger partial charge on any atom is -0.378 e. The zero-order valence-corrected chi connectivity index (χ0v) is 18.1. The molecule has 1 atom stereocenters. The van der Waals surface area contributed by atoms with Gasteiger partial charge in [0.15, 0.2) is 0 Å². The molecule has 170 valence electrons. The van der Waals surface area contributed by atoms with E-state index in [1.165, 1.54) is 11.4 Å². The maximum Gasteiger partial charge on any atom is 0.416 e. The van der Waals surface area contributed by atoms with Crippen LogP contribution in [-0.2, 0) is 20.9 Å². The Kier molecular flexibility index (Phi) is 8.90. The SMILES string of the molecule is C=CCC(N)CCCOC1CCC(N(C)S(=O)(=O)c2ccc(C(F)(F)F)cc2)CC1. The average Bonchev–Trinajstić information content (AvgIpc) is 2.71. The van der Waals surface area contributed by atoms with Crippen LogP contribution in [0.5, 0.6) is 0 Å². The van der Waals surface area contributed by atoms with Crippen molar-refractivity contribution in [3.8, 4) is 0 Å². The predicted octanol–water partition coefficient (Wildman–Crippen LogP) is 4.34. The summed E-state index contributed by atoms with van der Waals surface area (Å²) in [7, 11) is -2.37. The summed E-state index contributed by atoms with van der Waals surface area (Å²) in [6.45, 7) is 4.30. The second kappa shape index (κ2) is 10.7. The van der Waals surface area contributed by atoms with Crippen molar-refractivity contribution in [1.82, 2.24) is 4.31 Å². The maximum absolute atomic E-state index is 12.8. The van der Waals surface area contributed by atoms with E-state index in [9.17, 15) is 21.6 Å². The molecule has 1 aliphatic rings. The molecule has 9 heteroatoms. The lowest BCUT2D eigenvalue weighted by Gasteiger charge is -2.34. The van der Waals surface area contributed by atoms with Crippen LogP contribution in [0.2, 0.25) is 0 Å². The standard InChI is InChI=1S/C21H31F3N2O3S/c1-3-5-17(25)6-4-15-29-19-11-9-18(10-12-19)26(2)30(27,28)20-13-7-16(8-14-20)21(22,23)24/h3,7-8,13-14,17-19H,1,4-6,9-12,15,25H2,2H3. The van der Waals surface area contributed by atoms with Gasteiger partial charge >= 0.3 is 6.18 Å². The lowest BCUT2D eigenvalue weighted by molar-refractivity contribution is -0.137. The first kappa shape index (κ1) is 24.8. The summed E-state index contributed by atoms with van der Waals surface area (Å²) in [6.07, 6.45) is 2.72. The van der Waals surface area contributed by atoms with E-state index in [4.69, 9.17) is 10.5 Å². The van der Waals surface area contributed by atoms with Crippen LogP contribution in [-0.4, -0.2) is 44.6 Å². The third-order valence-electron chi connectivity index (χ3n) is 5.56. The molecule has 1 aliphatic carbocycles. The Labute approximate surface area is 177 Å². The Morgan fingerprint density at radius 2 is 1.83 bits per heavy atom. The van der Waals surface area contributed by atoms with Crippen LogP contribution in [0.4, 0.5) is 13.2 Å². The summed E-state index contributed by atoms with van der Waals surface area (Å²) in [5.74, 6) is 0. The minimum absolute atomic E-state index is 0.0963. The van der Waals surface area contributed by atoms with Gasteiger partial charge in [-0.15, -0.1) is 6.58 Å². The number of sulfonamides is 1. The van der Waals surface area contributed by atoms with Crippen molar-refractivity contribution in [3.63, 3.8) is 0 Å². The first-order chi connectivity index (χ1) is 14.1. The molecule has 1 fully saturated rings. The highest BCUT2D eigenvalue weighted by Gasteiger charge is 2.34. The van der Waals surface area contributed by atoms with Gasteiger partial charge in [-0.05, 0) is 69.2 Å². The minimum atomic E-state index is -4.50. The van der Waals surface area contributed by atoms with Crippen molar-refractivity contribution in [1.29, 1.82) is 0 Å². The van der Waals surface area contributed by atoms with Gasteiger partial charge in [0.1, 0.15) is 0 Å². The van der Waals surface area contributed by atoms with Crippen LogP contribution < -0.4 is 5.73 Å². The molecule has 0 saturated heterocycles. The Bertz CT molecular complexity index is 774. The van der Waals surface area contributed by atoms with Gasteiger partial charge in [0.2, 0.25) is 10.0 Å². The van der Waals surface area contributed by atoms with Gasteiger partial charge in [0.05, 0.1) is 16.6 Å². The van der Waals surface area contributed by atoms with Crippen molar-refractivity contribution >= 4 is 10.0 Å². The first-order valence-corrected chi connectivity index (χ1v) is 11.6. The number of alkyl halides is 3. The second-order valence-corrected chi connectivity index (χ2v) is 9.77. The number of benzene rings is 1. The second-order valence-electron chi connectivity index (χ2n) is 7.77. The third-order valence-corrected chi connectivity index (χ3v) is 7.48. The van der Waals surface area contributed by atoms with Gasteiger partial charge < -0.3 is 10.5 Å². The lowest BCUT2D eigenvalue weighted by atomic mass is 9.93. The number of ether oxygens (including phenoxy) is 1. The van der Waals surface area contributed by atoms with Crippen LogP contribution in [0.3, 0.4) is 0 Å². The highest BCUT2D eigenvalue weighted by atomic mass is 32.2. The zero-order valence-electron chi connectivity index (χ0n) is 17.3. The summed E-state index contributed by atoms with van der Waals surface area (Å²) in [6, 6.07) is 3.53. The number of halogens is 3. The highest BCUT2D eigenvalue weighted by molar-refractivity contribution is 7.89. The highest BCUT2D eigenvalue weighted by Crippen LogP contribution is 2.32. The van der Waals surface area contributed by atoms with Gasteiger partial charge in [-0.3, -0.25) is 0 Å². The molecule has 1 unspecified atom stereocenters. The zero-order chi connectivity index (χ0) is 22.4. The summed E-state index contributed by atoms with van der Waals surface area (Å²) in [4.78, 5) is -0.132. The fraction of sp³-hybridized carbons (Fsp3) is 0.619. The summed E-state index contributed by atoms with van der Waals surface area (Å²) in [5, 5.41) is 0. The van der Waals surface area contributed by atoms with Crippen molar-refractivity contribution in [2.45, 2.75) is 74.2 Å². The molecule has 30 heavy (non-hydrogen) atoms. The van der Waals surface area contributed by atoms with Crippen molar-refractivity contribution in [2.24, 2.45) is 5.73 Å². The Hall–Kier alpha value is -1.42. The molecule has 0 aliphatic heterocycles. The largest absolute Gasteiger partial charge is 0.416 e. The fourth-order valence-corrected chi connectivity index (χ4v) is 5.10. The smallest absolute Gasteiger partial charge is 0.378 e. The topological polar surface area (TPSA) is 72.6 Å². The molecule has 0 amide bonds. The Balaban J connectivity index is 1.84. The monoisotopic (exact) mass is 448 g/mol. The Morgan fingerprint density at radius 3 is 2.37 bits per heavy atom. The summed E-state index contributed by atoms with van der Waals surface area (Å²) < 4.78 is 70.9. The average molecular weight is 449 g/mol. The van der Waals surface area contributed by atoms with Gasteiger partial charge in [0.25, 0.3) is 0 Å². The molecule has 2 rings (SSSR count). The van der Waals surface area contributed by atoms with Gasteiger partial charge in [-0.1, -0.05) is 6.08 Å². The molecule has 0 heterocycles. The number of nitrogens with zero attached hydrogens (tertiary/aromatic N) is 1. The van der Waals surface area contributed by atoms with Crippen molar-refractivity contribution < 1.29 is 26.3 Å². The van der Waals surface area contributed by atoms with E-state index in [-0.39, 0.29) is 23.1 Å². The molecule has 0 aromatic heterocycles. The summed E-state index contributed by atoms with van der Waals surface area (Å²) in [5.41, 5.74) is 5.06. The maximum atomic E-state index is 12.8. The molecule has 2 N–H and O–H groups in total. The Morgan fingerprint density at radius 1 is 1.23 bits per heavy atom. The van der Waals surface area contributed by atoms with Gasteiger partial charge in [0, 0.05) is 25.7 Å². The quantitative estimate of drug-likeness (QED) is 0.427. The van der Waals surface area contributed by atoms with E-state index in [1.807, 2.05) is 6.08 Å².